The lowest BCUT2D eigenvalue weighted by molar-refractivity contribution is 0.415. The molecular weight excluding hydrogens is 246 g/mol. The van der Waals surface area contributed by atoms with E-state index >= 15 is 0 Å². The summed E-state index contributed by atoms with van der Waals surface area (Å²) >= 11 is 0. The van der Waals surface area contributed by atoms with Gasteiger partial charge >= 0.3 is 0 Å². The lowest BCUT2D eigenvalue weighted by Gasteiger charge is -2.10. The Morgan fingerprint density at radius 3 is 2.25 bits per heavy atom. The number of hydrogen-bond donors (Lipinski definition) is 0. The van der Waals surface area contributed by atoms with Gasteiger partial charge in [-0.05, 0) is 54.6 Å². The van der Waals surface area contributed by atoms with E-state index in [2.05, 4.69) is 61.0 Å². The summed E-state index contributed by atoms with van der Waals surface area (Å²) in [7, 11) is 1.69. The third kappa shape index (κ3) is 2.18. The SMILES string of the molecule is COc1ccc(-c2ccc3ccn(C(C)C)c3c2)cc1. The molecule has 2 aromatic carbocycles. The summed E-state index contributed by atoms with van der Waals surface area (Å²) in [5, 5.41) is 1.29. The van der Waals surface area contributed by atoms with Gasteiger partial charge in [0, 0.05) is 17.8 Å². The molecule has 2 nitrogen and oxygen atoms in total. The minimum absolute atomic E-state index is 0.471. The third-order valence-electron chi connectivity index (χ3n) is 3.70. The highest BCUT2D eigenvalue weighted by molar-refractivity contribution is 5.85. The second-order valence-corrected chi connectivity index (χ2v) is 5.32. The molecule has 0 spiro atoms. The monoisotopic (exact) mass is 265 g/mol. The van der Waals surface area contributed by atoms with Gasteiger partial charge in [-0.15, -0.1) is 0 Å². The van der Waals surface area contributed by atoms with Crippen LogP contribution >= 0.6 is 0 Å². The lowest BCUT2D eigenvalue weighted by Crippen LogP contribution is -1.97. The van der Waals surface area contributed by atoms with Crippen molar-refractivity contribution in [3.63, 3.8) is 0 Å². The first-order valence-corrected chi connectivity index (χ1v) is 6.94. The van der Waals surface area contributed by atoms with Crippen LogP contribution in [-0.4, -0.2) is 11.7 Å². The van der Waals surface area contributed by atoms with Gasteiger partial charge in [0.15, 0.2) is 0 Å². The van der Waals surface area contributed by atoms with Gasteiger partial charge in [-0.3, -0.25) is 0 Å². The number of nitrogens with zero attached hydrogens (tertiary/aromatic N) is 1. The molecule has 0 unspecified atom stereocenters. The largest absolute Gasteiger partial charge is 0.497 e. The first kappa shape index (κ1) is 12.8. The molecule has 0 N–H and O–H groups in total. The van der Waals surface area contributed by atoms with Crippen molar-refractivity contribution >= 4 is 10.9 Å². The molecule has 0 aliphatic rings. The molecule has 2 heteroatoms. The third-order valence-corrected chi connectivity index (χ3v) is 3.70. The van der Waals surface area contributed by atoms with Crippen LogP contribution in [0.15, 0.2) is 54.7 Å². The van der Waals surface area contributed by atoms with E-state index in [0.717, 1.165) is 5.75 Å². The molecule has 0 aliphatic heterocycles. The van der Waals surface area contributed by atoms with Crippen molar-refractivity contribution in [1.29, 1.82) is 0 Å². The van der Waals surface area contributed by atoms with E-state index in [1.165, 1.54) is 22.0 Å². The molecule has 0 amide bonds. The number of ether oxygens (including phenoxy) is 1. The molecule has 0 atom stereocenters. The Hall–Kier alpha value is -2.22. The molecular formula is C18H19NO. The van der Waals surface area contributed by atoms with Gasteiger partial charge in [-0.1, -0.05) is 24.3 Å². The fourth-order valence-corrected chi connectivity index (χ4v) is 2.56. The standard InChI is InChI=1S/C18H19NO/c1-13(2)19-11-10-15-4-5-16(12-18(15)19)14-6-8-17(20-3)9-7-14/h4-13H,1-3H3. The summed E-state index contributed by atoms with van der Waals surface area (Å²) in [4.78, 5) is 0. The molecule has 3 aromatic rings. The van der Waals surface area contributed by atoms with Gasteiger partial charge in [0.25, 0.3) is 0 Å². The molecule has 0 aliphatic carbocycles. The van der Waals surface area contributed by atoms with Crippen LogP contribution in [0.5, 0.6) is 5.75 Å². The predicted octanol–water partition coefficient (Wildman–Crippen LogP) is 4.90. The number of aromatic nitrogens is 1. The molecule has 0 saturated carbocycles. The minimum Gasteiger partial charge on any atom is -0.497 e. The fraction of sp³-hybridized carbons (Fsp3) is 0.222. The lowest BCUT2D eigenvalue weighted by atomic mass is 10.0. The number of fused-ring (bicyclic) bond motifs is 1. The van der Waals surface area contributed by atoms with Gasteiger partial charge in [0.05, 0.1) is 7.11 Å². The summed E-state index contributed by atoms with van der Waals surface area (Å²) in [5.41, 5.74) is 3.73. The molecule has 20 heavy (non-hydrogen) atoms. The maximum absolute atomic E-state index is 5.21. The molecule has 1 heterocycles. The van der Waals surface area contributed by atoms with Gasteiger partial charge in [0.2, 0.25) is 0 Å². The van der Waals surface area contributed by atoms with E-state index < -0.39 is 0 Å². The summed E-state index contributed by atoms with van der Waals surface area (Å²) in [5.74, 6) is 0.889. The van der Waals surface area contributed by atoms with Crippen LogP contribution < -0.4 is 4.74 Å². The zero-order chi connectivity index (χ0) is 14.1. The highest BCUT2D eigenvalue weighted by Gasteiger charge is 2.06. The van der Waals surface area contributed by atoms with Crippen LogP contribution in [0, 0.1) is 0 Å². The van der Waals surface area contributed by atoms with Crippen LogP contribution in [0.2, 0.25) is 0 Å². The molecule has 0 fully saturated rings. The molecule has 3 rings (SSSR count). The minimum atomic E-state index is 0.471. The number of methoxy groups -OCH3 is 1. The quantitative estimate of drug-likeness (QED) is 0.657. The van der Waals surface area contributed by atoms with Crippen LogP contribution in [0.1, 0.15) is 19.9 Å². The number of benzene rings is 2. The smallest absolute Gasteiger partial charge is 0.118 e. The Kier molecular flexibility index (Phi) is 3.23. The van der Waals surface area contributed by atoms with E-state index in [0.29, 0.717) is 6.04 Å². The number of rotatable bonds is 3. The fourth-order valence-electron chi connectivity index (χ4n) is 2.56. The average Bonchev–Trinajstić information content (AvgIpc) is 2.90. The molecule has 0 saturated heterocycles. The van der Waals surface area contributed by atoms with Gasteiger partial charge in [-0.25, -0.2) is 0 Å². The Morgan fingerprint density at radius 2 is 1.60 bits per heavy atom. The number of hydrogen-bond acceptors (Lipinski definition) is 1. The molecule has 0 radical (unpaired) electrons. The molecule has 0 bridgehead atoms. The van der Waals surface area contributed by atoms with Gasteiger partial charge < -0.3 is 9.30 Å². The summed E-state index contributed by atoms with van der Waals surface area (Å²) in [6, 6.07) is 17.5. The van der Waals surface area contributed by atoms with E-state index in [9.17, 15) is 0 Å². The van der Waals surface area contributed by atoms with E-state index in [-0.39, 0.29) is 0 Å². The van der Waals surface area contributed by atoms with Crippen molar-refractivity contribution in [2.75, 3.05) is 7.11 Å². The Balaban J connectivity index is 2.08. The average molecular weight is 265 g/mol. The topological polar surface area (TPSA) is 14.2 Å². The van der Waals surface area contributed by atoms with Crippen molar-refractivity contribution in [2.45, 2.75) is 19.9 Å². The maximum atomic E-state index is 5.21. The second-order valence-electron chi connectivity index (χ2n) is 5.32. The van der Waals surface area contributed by atoms with Crippen molar-refractivity contribution < 1.29 is 4.74 Å². The van der Waals surface area contributed by atoms with E-state index in [1.807, 2.05) is 12.1 Å². The van der Waals surface area contributed by atoms with Crippen molar-refractivity contribution in [3.8, 4) is 16.9 Å². The Morgan fingerprint density at radius 1 is 0.900 bits per heavy atom. The molecule has 1 aromatic heterocycles. The Labute approximate surface area is 119 Å². The highest BCUT2D eigenvalue weighted by atomic mass is 16.5. The first-order chi connectivity index (χ1) is 9.69. The maximum Gasteiger partial charge on any atom is 0.118 e. The van der Waals surface area contributed by atoms with Crippen molar-refractivity contribution in [2.24, 2.45) is 0 Å². The van der Waals surface area contributed by atoms with Gasteiger partial charge in [-0.2, -0.15) is 0 Å². The zero-order valence-electron chi connectivity index (χ0n) is 12.1. The Bertz CT molecular complexity index is 723. The van der Waals surface area contributed by atoms with Gasteiger partial charge in [0.1, 0.15) is 5.75 Å². The molecule has 102 valence electrons. The van der Waals surface area contributed by atoms with E-state index in [4.69, 9.17) is 4.74 Å². The van der Waals surface area contributed by atoms with Crippen LogP contribution in [0.3, 0.4) is 0 Å². The van der Waals surface area contributed by atoms with Crippen LogP contribution in [-0.2, 0) is 0 Å². The first-order valence-electron chi connectivity index (χ1n) is 6.94. The zero-order valence-corrected chi connectivity index (χ0v) is 12.1. The normalized spacial score (nSPS) is 11.2. The van der Waals surface area contributed by atoms with Crippen molar-refractivity contribution in [3.05, 3.63) is 54.7 Å². The summed E-state index contributed by atoms with van der Waals surface area (Å²) in [6.07, 6.45) is 2.16. The summed E-state index contributed by atoms with van der Waals surface area (Å²) < 4.78 is 7.52. The second kappa shape index (κ2) is 5.04. The van der Waals surface area contributed by atoms with E-state index in [1.54, 1.807) is 7.11 Å². The predicted molar refractivity (Wildman–Crippen MR) is 84.3 cm³/mol. The summed E-state index contributed by atoms with van der Waals surface area (Å²) in [6.45, 7) is 4.42. The van der Waals surface area contributed by atoms with Crippen LogP contribution in [0.25, 0.3) is 22.0 Å². The van der Waals surface area contributed by atoms with Crippen molar-refractivity contribution in [1.82, 2.24) is 4.57 Å². The highest BCUT2D eigenvalue weighted by Crippen LogP contribution is 2.28. The van der Waals surface area contributed by atoms with Crippen LogP contribution in [0.4, 0.5) is 0 Å².